The van der Waals surface area contributed by atoms with Gasteiger partial charge >= 0.3 is 0 Å². The van der Waals surface area contributed by atoms with E-state index in [4.69, 9.17) is 0 Å². The standard InChI is InChI=1S/C15H19BrN2O2/c1-3-18(9-14(19)17-2)15(20)13-8-12(13)10-4-6-11(16)7-5-10/h4-7,12-13H,3,8-9H2,1-2H3,(H,17,19)/t12-,13+/m0/s1. The van der Waals surface area contributed by atoms with Crippen molar-refractivity contribution in [2.24, 2.45) is 5.92 Å². The summed E-state index contributed by atoms with van der Waals surface area (Å²) in [6.07, 6.45) is 0.880. The first kappa shape index (κ1) is 15.0. The van der Waals surface area contributed by atoms with Gasteiger partial charge in [-0.1, -0.05) is 28.1 Å². The number of nitrogens with one attached hydrogen (secondary N) is 1. The van der Waals surface area contributed by atoms with E-state index in [1.54, 1.807) is 11.9 Å². The van der Waals surface area contributed by atoms with Crippen molar-refractivity contribution in [3.63, 3.8) is 0 Å². The van der Waals surface area contributed by atoms with Crippen molar-refractivity contribution >= 4 is 27.7 Å². The second kappa shape index (κ2) is 6.39. The van der Waals surface area contributed by atoms with Crippen LogP contribution < -0.4 is 5.32 Å². The lowest BCUT2D eigenvalue weighted by Gasteiger charge is -2.20. The molecule has 4 nitrogen and oxygen atoms in total. The van der Waals surface area contributed by atoms with E-state index in [9.17, 15) is 9.59 Å². The Morgan fingerprint density at radius 1 is 1.35 bits per heavy atom. The molecule has 0 saturated heterocycles. The SMILES string of the molecule is CCN(CC(=O)NC)C(=O)[C@@H]1C[C@H]1c1ccc(Br)cc1. The minimum absolute atomic E-state index is 0.0285. The summed E-state index contributed by atoms with van der Waals surface area (Å²) in [4.78, 5) is 25.4. The molecule has 0 bridgehead atoms. The van der Waals surface area contributed by atoms with Crippen molar-refractivity contribution in [2.45, 2.75) is 19.3 Å². The summed E-state index contributed by atoms with van der Waals surface area (Å²) < 4.78 is 1.04. The minimum Gasteiger partial charge on any atom is -0.358 e. The van der Waals surface area contributed by atoms with E-state index in [1.165, 1.54) is 5.56 Å². The normalized spacial score (nSPS) is 20.4. The fourth-order valence-corrected chi connectivity index (χ4v) is 2.64. The second-order valence-corrected chi connectivity index (χ2v) is 5.94. The Balaban J connectivity index is 1.97. The summed E-state index contributed by atoms with van der Waals surface area (Å²) in [5.41, 5.74) is 1.20. The van der Waals surface area contributed by atoms with E-state index >= 15 is 0 Å². The van der Waals surface area contributed by atoms with Crippen LogP contribution in [0.5, 0.6) is 0 Å². The number of hydrogen-bond acceptors (Lipinski definition) is 2. The Labute approximate surface area is 127 Å². The molecule has 1 fully saturated rings. The number of nitrogens with zero attached hydrogens (tertiary/aromatic N) is 1. The maximum atomic E-state index is 12.4. The molecule has 20 heavy (non-hydrogen) atoms. The molecule has 1 N–H and O–H groups in total. The molecule has 0 aliphatic heterocycles. The van der Waals surface area contributed by atoms with Gasteiger partial charge in [-0.2, -0.15) is 0 Å². The van der Waals surface area contributed by atoms with Gasteiger partial charge in [-0.05, 0) is 37.0 Å². The number of benzene rings is 1. The maximum absolute atomic E-state index is 12.4. The van der Waals surface area contributed by atoms with E-state index < -0.39 is 0 Å². The van der Waals surface area contributed by atoms with Gasteiger partial charge in [0.2, 0.25) is 11.8 Å². The molecule has 0 radical (unpaired) electrons. The molecule has 2 atom stereocenters. The highest BCUT2D eigenvalue weighted by molar-refractivity contribution is 9.10. The van der Waals surface area contributed by atoms with Gasteiger partial charge in [-0.3, -0.25) is 9.59 Å². The van der Waals surface area contributed by atoms with Crippen LogP contribution in [-0.4, -0.2) is 36.9 Å². The van der Waals surface area contributed by atoms with Crippen LogP contribution in [0.3, 0.4) is 0 Å². The van der Waals surface area contributed by atoms with Gasteiger partial charge in [-0.25, -0.2) is 0 Å². The van der Waals surface area contributed by atoms with Gasteiger partial charge in [0, 0.05) is 24.0 Å². The number of amides is 2. The van der Waals surface area contributed by atoms with Crippen molar-refractivity contribution in [3.8, 4) is 0 Å². The van der Waals surface area contributed by atoms with Crippen molar-refractivity contribution in [2.75, 3.05) is 20.1 Å². The van der Waals surface area contributed by atoms with Gasteiger partial charge in [0.05, 0.1) is 6.54 Å². The summed E-state index contributed by atoms with van der Waals surface area (Å²) in [6, 6.07) is 8.10. The fourth-order valence-electron chi connectivity index (χ4n) is 2.38. The van der Waals surface area contributed by atoms with Crippen molar-refractivity contribution in [1.29, 1.82) is 0 Å². The lowest BCUT2D eigenvalue weighted by atomic mass is 10.1. The summed E-state index contributed by atoms with van der Waals surface area (Å²) in [7, 11) is 1.59. The maximum Gasteiger partial charge on any atom is 0.239 e. The van der Waals surface area contributed by atoms with E-state index in [-0.39, 0.29) is 24.3 Å². The summed E-state index contributed by atoms with van der Waals surface area (Å²) in [5.74, 6) is 0.292. The number of carbonyl (C=O) groups is 2. The number of likely N-dealkylation sites (N-methyl/N-ethyl adjacent to an activating group) is 2. The Morgan fingerprint density at radius 3 is 2.55 bits per heavy atom. The molecule has 0 spiro atoms. The molecule has 2 rings (SSSR count). The average Bonchev–Trinajstić information content (AvgIpc) is 3.25. The van der Waals surface area contributed by atoms with Crippen LogP contribution in [0, 0.1) is 5.92 Å². The minimum atomic E-state index is -0.124. The summed E-state index contributed by atoms with van der Waals surface area (Å²) in [5, 5.41) is 2.56. The molecular formula is C15H19BrN2O2. The van der Waals surface area contributed by atoms with E-state index in [0.717, 1.165) is 10.9 Å². The molecule has 0 unspecified atom stereocenters. The van der Waals surface area contributed by atoms with Crippen LogP contribution in [0.1, 0.15) is 24.8 Å². The van der Waals surface area contributed by atoms with Gasteiger partial charge < -0.3 is 10.2 Å². The zero-order chi connectivity index (χ0) is 14.7. The first-order valence-electron chi connectivity index (χ1n) is 6.81. The summed E-state index contributed by atoms with van der Waals surface area (Å²) in [6.45, 7) is 2.61. The first-order chi connectivity index (χ1) is 9.56. The number of rotatable bonds is 5. The highest BCUT2D eigenvalue weighted by Crippen LogP contribution is 2.48. The number of halogens is 1. The highest BCUT2D eigenvalue weighted by Gasteiger charge is 2.45. The third kappa shape index (κ3) is 3.39. The van der Waals surface area contributed by atoms with Crippen molar-refractivity contribution in [3.05, 3.63) is 34.3 Å². The van der Waals surface area contributed by atoms with E-state index in [0.29, 0.717) is 12.5 Å². The van der Waals surface area contributed by atoms with Crippen molar-refractivity contribution < 1.29 is 9.59 Å². The lowest BCUT2D eigenvalue weighted by Crippen LogP contribution is -2.40. The largest absolute Gasteiger partial charge is 0.358 e. The van der Waals surface area contributed by atoms with Gasteiger partial charge in [0.15, 0.2) is 0 Å². The first-order valence-corrected chi connectivity index (χ1v) is 7.61. The third-order valence-corrected chi connectivity index (χ3v) is 4.24. The molecule has 1 aromatic carbocycles. The van der Waals surface area contributed by atoms with Gasteiger partial charge in [-0.15, -0.1) is 0 Å². The molecule has 108 valence electrons. The van der Waals surface area contributed by atoms with E-state index in [2.05, 4.69) is 33.4 Å². The Morgan fingerprint density at radius 2 is 2.00 bits per heavy atom. The predicted molar refractivity (Wildman–Crippen MR) is 81.3 cm³/mol. The Bertz CT molecular complexity index is 501. The second-order valence-electron chi connectivity index (χ2n) is 5.03. The highest BCUT2D eigenvalue weighted by atomic mass is 79.9. The Kier molecular flexibility index (Phi) is 4.81. The van der Waals surface area contributed by atoms with Crippen LogP contribution in [0.25, 0.3) is 0 Å². The molecule has 1 saturated carbocycles. The van der Waals surface area contributed by atoms with Crippen LogP contribution in [0.15, 0.2) is 28.7 Å². The Hall–Kier alpha value is -1.36. The molecular weight excluding hydrogens is 320 g/mol. The van der Waals surface area contributed by atoms with Crippen LogP contribution >= 0.6 is 15.9 Å². The number of hydrogen-bond donors (Lipinski definition) is 1. The van der Waals surface area contributed by atoms with Crippen LogP contribution in [0.2, 0.25) is 0 Å². The summed E-state index contributed by atoms with van der Waals surface area (Å²) >= 11 is 3.41. The average molecular weight is 339 g/mol. The third-order valence-electron chi connectivity index (χ3n) is 3.71. The van der Waals surface area contributed by atoms with Gasteiger partial charge in [0.1, 0.15) is 0 Å². The predicted octanol–water partition coefficient (Wildman–Crippen LogP) is 2.15. The molecule has 0 heterocycles. The molecule has 1 aromatic rings. The quantitative estimate of drug-likeness (QED) is 0.894. The monoisotopic (exact) mass is 338 g/mol. The smallest absolute Gasteiger partial charge is 0.239 e. The lowest BCUT2D eigenvalue weighted by molar-refractivity contribution is -0.136. The zero-order valence-corrected chi connectivity index (χ0v) is 13.3. The molecule has 1 aliphatic rings. The topological polar surface area (TPSA) is 49.4 Å². The molecule has 5 heteroatoms. The fraction of sp³-hybridized carbons (Fsp3) is 0.467. The van der Waals surface area contributed by atoms with Crippen LogP contribution in [-0.2, 0) is 9.59 Å². The molecule has 1 aliphatic carbocycles. The van der Waals surface area contributed by atoms with Gasteiger partial charge in [0.25, 0.3) is 0 Å². The van der Waals surface area contributed by atoms with Crippen molar-refractivity contribution in [1.82, 2.24) is 10.2 Å². The molecule has 0 aromatic heterocycles. The van der Waals surface area contributed by atoms with E-state index in [1.807, 2.05) is 19.1 Å². The zero-order valence-electron chi connectivity index (χ0n) is 11.7. The molecule has 2 amide bonds. The van der Waals surface area contributed by atoms with Crippen LogP contribution in [0.4, 0.5) is 0 Å². The number of carbonyl (C=O) groups excluding carboxylic acids is 2.